The zero-order valence-electron chi connectivity index (χ0n) is 15.0. The largest absolute Gasteiger partial charge is 0.298 e. The Labute approximate surface area is 167 Å². The third-order valence-electron chi connectivity index (χ3n) is 4.11. The lowest BCUT2D eigenvalue weighted by Gasteiger charge is -2.25. The van der Waals surface area contributed by atoms with Crippen LogP contribution in [0.1, 0.15) is 15.9 Å². The van der Waals surface area contributed by atoms with Crippen LogP contribution in [0.5, 0.6) is 0 Å². The summed E-state index contributed by atoms with van der Waals surface area (Å²) in [5.41, 5.74) is 2.28. The number of amides is 1. The van der Waals surface area contributed by atoms with E-state index in [2.05, 4.69) is 5.32 Å². The van der Waals surface area contributed by atoms with Gasteiger partial charge in [-0.05, 0) is 55.5 Å². The highest BCUT2D eigenvalue weighted by molar-refractivity contribution is 7.80. The number of para-hydroxylation sites is 2. The molecule has 140 valence electrons. The Morgan fingerprint density at radius 3 is 1.96 bits per heavy atom. The number of rotatable bonds is 4. The Balaban J connectivity index is 1.87. The van der Waals surface area contributed by atoms with Crippen molar-refractivity contribution >= 4 is 40.3 Å². The van der Waals surface area contributed by atoms with Gasteiger partial charge >= 0.3 is 0 Å². The number of nitro benzene ring substituents is 1. The van der Waals surface area contributed by atoms with Crippen molar-refractivity contribution in [3.05, 3.63) is 100 Å². The van der Waals surface area contributed by atoms with Crippen molar-refractivity contribution in [3.8, 4) is 0 Å². The molecular formula is C21H17N3O3S. The number of nitro groups is 1. The Hall–Kier alpha value is -3.58. The lowest BCUT2D eigenvalue weighted by atomic mass is 10.1. The fraction of sp³-hybridized carbons (Fsp3) is 0.0476. The van der Waals surface area contributed by atoms with Crippen molar-refractivity contribution in [2.75, 3.05) is 4.90 Å². The molecule has 0 aliphatic carbocycles. The number of nitrogens with zero attached hydrogens (tertiary/aromatic N) is 2. The van der Waals surface area contributed by atoms with Crippen LogP contribution in [0.25, 0.3) is 0 Å². The molecule has 0 atom stereocenters. The molecule has 1 N–H and O–H groups in total. The number of hydrogen-bond acceptors (Lipinski definition) is 4. The molecule has 0 fully saturated rings. The van der Waals surface area contributed by atoms with E-state index in [0.29, 0.717) is 11.1 Å². The van der Waals surface area contributed by atoms with E-state index in [1.807, 2.05) is 60.7 Å². The van der Waals surface area contributed by atoms with Crippen LogP contribution >= 0.6 is 12.2 Å². The van der Waals surface area contributed by atoms with E-state index in [1.54, 1.807) is 11.8 Å². The van der Waals surface area contributed by atoms with E-state index < -0.39 is 10.8 Å². The molecule has 0 spiro atoms. The maximum atomic E-state index is 12.7. The number of nitrogens with one attached hydrogen (secondary N) is 1. The van der Waals surface area contributed by atoms with Gasteiger partial charge in [0.15, 0.2) is 5.11 Å². The minimum atomic E-state index is -0.478. The highest BCUT2D eigenvalue weighted by Gasteiger charge is 2.19. The summed E-state index contributed by atoms with van der Waals surface area (Å²) in [6, 6.07) is 23.1. The fourth-order valence-electron chi connectivity index (χ4n) is 2.76. The second-order valence-corrected chi connectivity index (χ2v) is 6.41. The second-order valence-electron chi connectivity index (χ2n) is 6.02. The van der Waals surface area contributed by atoms with Crippen LogP contribution in [0, 0.1) is 17.0 Å². The van der Waals surface area contributed by atoms with Gasteiger partial charge in [-0.25, -0.2) is 0 Å². The number of carbonyl (C=O) groups excluding carboxylic acids is 1. The first-order chi connectivity index (χ1) is 13.5. The van der Waals surface area contributed by atoms with Crippen LogP contribution in [-0.2, 0) is 0 Å². The van der Waals surface area contributed by atoms with E-state index >= 15 is 0 Å². The molecule has 0 heterocycles. The molecule has 3 rings (SSSR count). The van der Waals surface area contributed by atoms with E-state index in [9.17, 15) is 14.9 Å². The first-order valence-corrected chi connectivity index (χ1v) is 8.89. The summed E-state index contributed by atoms with van der Waals surface area (Å²) < 4.78 is 0. The summed E-state index contributed by atoms with van der Waals surface area (Å²) in [6.07, 6.45) is 0. The van der Waals surface area contributed by atoms with Crippen molar-refractivity contribution in [3.63, 3.8) is 0 Å². The Kier molecular flexibility index (Phi) is 5.76. The number of hydrogen-bond donors (Lipinski definition) is 1. The summed E-state index contributed by atoms with van der Waals surface area (Å²) in [4.78, 5) is 24.9. The third-order valence-corrected chi connectivity index (χ3v) is 4.39. The average molecular weight is 391 g/mol. The molecule has 0 saturated heterocycles. The maximum absolute atomic E-state index is 12.7. The molecule has 0 aliphatic heterocycles. The quantitative estimate of drug-likeness (QED) is 0.394. The SMILES string of the molecule is Cc1cc(C(=O)NC(=S)N(c2ccccc2)c2ccccc2)ccc1[N+](=O)[O-]. The monoisotopic (exact) mass is 391 g/mol. The zero-order chi connectivity index (χ0) is 20.1. The second kappa shape index (κ2) is 8.41. The van der Waals surface area contributed by atoms with Crippen molar-refractivity contribution in [2.24, 2.45) is 0 Å². The molecule has 3 aromatic rings. The van der Waals surface area contributed by atoms with Crippen LogP contribution in [0.4, 0.5) is 17.1 Å². The molecule has 3 aromatic carbocycles. The van der Waals surface area contributed by atoms with E-state index in [-0.39, 0.29) is 10.8 Å². The summed E-state index contributed by atoms with van der Waals surface area (Å²) in [6.45, 7) is 1.59. The normalized spacial score (nSPS) is 10.2. The van der Waals surface area contributed by atoms with Gasteiger partial charge < -0.3 is 0 Å². The van der Waals surface area contributed by atoms with Gasteiger partial charge in [-0.2, -0.15) is 0 Å². The molecule has 1 amide bonds. The number of benzene rings is 3. The number of aryl methyl sites for hydroxylation is 1. The van der Waals surface area contributed by atoms with Gasteiger partial charge in [0.05, 0.1) is 4.92 Å². The minimum Gasteiger partial charge on any atom is -0.298 e. The van der Waals surface area contributed by atoms with Crippen molar-refractivity contribution < 1.29 is 9.72 Å². The van der Waals surface area contributed by atoms with Crippen LogP contribution in [0.15, 0.2) is 78.9 Å². The van der Waals surface area contributed by atoms with Gasteiger partial charge in [0.25, 0.3) is 11.6 Å². The summed E-state index contributed by atoms with van der Waals surface area (Å²) >= 11 is 5.50. The molecule has 0 radical (unpaired) electrons. The summed E-state index contributed by atoms with van der Waals surface area (Å²) in [5.74, 6) is -0.431. The molecule has 0 aliphatic rings. The van der Waals surface area contributed by atoms with E-state index in [0.717, 1.165) is 11.4 Å². The topological polar surface area (TPSA) is 75.5 Å². The predicted molar refractivity (Wildman–Crippen MR) is 113 cm³/mol. The summed E-state index contributed by atoms with van der Waals surface area (Å²) in [5, 5.41) is 13.9. The Morgan fingerprint density at radius 1 is 0.964 bits per heavy atom. The third kappa shape index (κ3) is 4.21. The van der Waals surface area contributed by atoms with Crippen molar-refractivity contribution in [2.45, 2.75) is 6.92 Å². The van der Waals surface area contributed by atoms with E-state index in [1.165, 1.54) is 18.2 Å². The molecular weight excluding hydrogens is 374 g/mol. The van der Waals surface area contributed by atoms with Crippen molar-refractivity contribution in [1.82, 2.24) is 5.32 Å². The average Bonchev–Trinajstić information content (AvgIpc) is 2.69. The van der Waals surface area contributed by atoms with E-state index in [4.69, 9.17) is 12.2 Å². The molecule has 0 bridgehead atoms. The number of carbonyl (C=O) groups is 1. The zero-order valence-corrected chi connectivity index (χ0v) is 15.8. The lowest BCUT2D eigenvalue weighted by molar-refractivity contribution is -0.385. The van der Waals surface area contributed by atoms with Gasteiger partial charge in [-0.3, -0.25) is 25.1 Å². The van der Waals surface area contributed by atoms with Crippen molar-refractivity contribution in [1.29, 1.82) is 0 Å². The first kappa shape index (κ1) is 19.2. The molecule has 0 saturated carbocycles. The van der Waals surface area contributed by atoms with Gasteiger partial charge in [-0.15, -0.1) is 0 Å². The Bertz CT molecular complexity index is 984. The van der Waals surface area contributed by atoms with Gasteiger partial charge in [0, 0.05) is 28.6 Å². The van der Waals surface area contributed by atoms with Crippen LogP contribution in [0.2, 0.25) is 0 Å². The van der Waals surface area contributed by atoms with Gasteiger partial charge in [0.2, 0.25) is 0 Å². The highest BCUT2D eigenvalue weighted by atomic mass is 32.1. The van der Waals surface area contributed by atoms with Crippen LogP contribution in [0.3, 0.4) is 0 Å². The molecule has 0 unspecified atom stereocenters. The van der Waals surface area contributed by atoms with Gasteiger partial charge in [-0.1, -0.05) is 36.4 Å². The Morgan fingerprint density at radius 2 is 1.50 bits per heavy atom. The predicted octanol–water partition coefficient (Wildman–Crippen LogP) is 4.76. The maximum Gasteiger partial charge on any atom is 0.272 e. The number of thiocarbonyl (C=S) groups is 1. The van der Waals surface area contributed by atoms with Crippen LogP contribution in [-0.4, -0.2) is 15.9 Å². The fourth-order valence-corrected chi connectivity index (χ4v) is 3.07. The van der Waals surface area contributed by atoms with Gasteiger partial charge in [0.1, 0.15) is 0 Å². The summed E-state index contributed by atoms with van der Waals surface area (Å²) in [7, 11) is 0. The van der Waals surface area contributed by atoms with Crippen LogP contribution < -0.4 is 10.2 Å². The molecule has 28 heavy (non-hydrogen) atoms. The lowest BCUT2D eigenvalue weighted by Crippen LogP contribution is -2.40. The minimum absolute atomic E-state index is 0.0330. The molecule has 7 heteroatoms. The number of anilines is 2. The molecule has 0 aromatic heterocycles. The smallest absolute Gasteiger partial charge is 0.272 e. The first-order valence-electron chi connectivity index (χ1n) is 8.48. The molecule has 6 nitrogen and oxygen atoms in total. The highest BCUT2D eigenvalue weighted by Crippen LogP contribution is 2.25. The standard InChI is InChI=1S/C21H17N3O3S/c1-15-14-16(12-13-19(15)24(26)27)20(25)22-21(28)23(17-8-4-2-5-9-17)18-10-6-3-7-11-18/h2-14H,1H3,(H,22,25,28).